The average Bonchev–Trinajstić information content (AvgIpc) is 2.66. The van der Waals surface area contributed by atoms with E-state index in [0.29, 0.717) is 26.1 Å². The number of unbranched alkanes of at least 4 members (excludes halogenated alkanes) is 8. The number of aliphatic hydroxyl groups excluding tert-OH is 2. The molecule has 27 heavy (non-hydrogen) atoms. The van der Waals surface area contributed by atoms with E-state index in [9.17, 15) is 9.90 Å². The van der Waals surface area contributed by atoms with Crippen molar-refractivity contribution < 1.29 is 15.0 Å². The second-order valence-electron chi connectivity index (χ2n) is 7.34. The lowest BCUT2D eigenvalue weighted by Crippen LogP contribution is -2.32. The highest BCUT2D eigenvalue weighted by Crippen LogP contribution is 2.10. The van der Waals surface area contributed by atoms with Crippen molar-refractivity contribution in [3.63, 3.8) is 0 Å². The van der Waals surface area contributed by atoms with Crippen LogP contribution in [0.15, 0.2) is 12.2 Å². The number of hydrogen-bond donors (Lipinski definition) is 4. The van der Waals surface area contributed by atoms with Crippen LogP contribution in [-0.2, 0) is 4.79 Å². The molecule has 1 unspecified atom stereocenters. The Kier molecular flexibility index (Phi) is 20.7. The van der Waals surface area contributed by atoms with Crippen molar-refractivity contribution >= 4 is 5.91 Å². The lowest BCUT2D eigenvalue weighted by Gasteiger charge is -2.07. The number of aliphatic hydroxyl groups is 2. The highest BCUT2D eigenvalue weighted by atomic mass is 16.3. The number of hydrogen-bond acceptors (Lipinski definition) is 4. The second kappa shape index (κ2) is 21.4. The predicted octanol–water partition coefficient (Wildman–Crippen LogP) is 3.69. The zero-order chi connectivity index (χ0) is 20.0. The van der Waals surface area contributed by atoms with E-state index in [0.717, 1.165) is 38.5 Å². The normalized spacial score (nSPS) is 12.6. The zero-order valence-corrected chi connectivity index (χ0v) is 17.6. The van der Waals surface area contributed by atoms with Crippen LogP contribution in [0, 0.1) is 0 Å². The third-order valence-electron chi connectivity index (χ3n) is 4.65. The summed E-state index contributed by atoms with van der Waals surface area (Å²) in [6, 6.07) is 0. The molecule has 0 aromatic rings. The predicted molar refractivity (Wildman–Crippen MR) is 114 cm³/mol. The summed E-state index contributed by atoms with van der Waals surface area (Å²) >= 11 is 0. The minimum atomic E-state index is -0.172. The Morgan fingerprint density at radius 2 is 1.67 bits per heavy atom. The molecule has 160 valence electrons. The van der Waals surface area contributed by atoms with Crippen molar-refractivity contribution in [2.24, 2.45) is 0 Å². The third kappa shape index (κ3) is 21.2. The highest BCUT2D eigenvalue weighted by Gasteiger charge is 2.01. The molecule has 0 spiro atoms. The zero-order valence-electron chi connectivity index (χ0n) is 17.6. The Bertz CT molecular complexity index is 348. The lowest BCUT2D eigenvalue weighted by atomic mass is 10.1. The maximum Gasteiger partial charge on any atom is 0.220 e. The van der Waals surface area contributed by atoms with Gasteiger partial charge in [-0.1, -0.05) is 64.0 Å². The van der Waals surface area contributed by atoms with Gasteiger partial charge in [0.05, 0.1) is 12.7 Å². The molecule has 0 bridgehead atoms. The molecule has 0 heterocycles. The first kappa shape index (κ1) is 26.1. The first-order valence-electron chi connectivity index (χ1n) is 11.1. The molecule has 0 aliphatic rings. The van der Waals surface area contributed by atoms with Crippen LogP contribution < -0.4 is 10.6 Å². The molecule has 1 atom stereocenters. The molecule has 5 nitrogen and oxygen atoms in total. The fourth-order valence-corrected chi connectivity index (χ4v) is 2.96. The van der Waals surface area contributed by atoms with Gasteiger partial charge < -0.3 is 20.8 Å². The molecule has 5 heteroatoms. The molecule has 0 fully saturated rings. The SMILES string of the molecule is CCCCCCC(O)C/C=C\CCCCCCCC(=O)NCCNCCO. The number of nitrogens with one attached hydrogen (secondary N) is 2. The van der Waals surface area contributed by atoms with Gasteiger partial charge in [0.1, 0.15) is 0 Å². The van der Waals surface area contributed by atoms with Gasteiger partial charge in [-0.25, -0.2) is 0 Å². The van der Waals surface area contributed by atoms with E-state index >= 15 is 0 Å². The number of carbonyl (C=O) groups excluding carboxylic acids is 1. The Labute approximate surface area is 167 Å². The molecular weight excluding hydrogens is 340 g/mol. The Morgan fingerprint density at radius 3 is 2.44 bits per heavy atom. The Balaban J connectivity index is 3.30. The lowest BCUT2D eigenvalue weighted by molar-refractivity contribution is -0.121. The summed E-state index contributed by atoms with van der Waals surface area (Å²) in [5.41, 5.74) is 0. The minimum absolute atomic E-state index is 0.122. The van der Waals surface area contributed by atoms with Crippen LogP contribution in [-0.4, -0.2) is 48.5 Å². The number of carbonyl (C=O) groups is 1. The van der Waals surface area contributed by atoms with Crippen molar-refractivity contribution in [3.05, 3.63) is 12.2 Å². The Morgan fingerprint density at radius 1 is 0.926 bits per heavy atom. The standard InChI is InChI=1S/C22H44N2O3/c1-2-3-4-11-14-21(26)15-12-9-7-5-6-8-10-13-16-22(27)24-18-17-23-19-20-25/h9,12,21,23,25-26H,2-8,10-11,13-20H2,1H3,(H,24,27)/b12-9-. The maximum absolute atomic E-state index is 11.6. The van der Waals surface area contributed by atoms with E-state index in [1.165, 1.54) is 38.5 Å². The first-order valence-corrected chi connectivity index (χ1v) is 11.1. The molecule has 0 aliphatic heterocycles. The fourth-order valence-electron chi connectivity index (χ4n) is 2.96. The van der Waals surface area contributed by atoms with Crippen LogP contribution in [0.25, 0.3) is 0 Å². The van der Waals surface area contributed by atoms with Gasteiger partial charge >= 0.3 is 0 Å². The average molecular weight is 385 g/mol. The van der Waals surface area contributed by atoms with E-state index in [1.807, 2.05) is 0 Å². The second-order valence-corrected chi connectivity index (χ2v) is 7.34. The van der Waals surface area contributed by atoms with E-state index in [4.69, 9.17) is 5.11 Å². The summed E-state index contributed by atoms with van der Waals surface area (Å²) in [5.74, 6) is 0.122. The minimum Gasteiger partial charge on any atom is -0.395 e. The summed E-state index contributed by atoms with van der Waals surface area (Å²) in [5, 5.41) is 24.4. The molecule has 0 rings (SSSR count). The third-order valence-corrected chi connectivity index (χ3v) is 4.65. The van der Waals surface area contributed by atoms with Gasteiger partial charge in [0, 0.05) is 26.1 Å². The molecule has 0 radical (unpaired) electrons. The van der Waals surface area contributed by atoms with Crippen LogP contribution in [0.1, 0.15) is 90.4 Å². The topological polar surface area (TPSA) is 81.6 Å². The Hall–Kier alpha value is -0.910. The summed E-state index contributed by atoms with van der Waals surface area (Å²) in [7, 11) is 0. The monoisotopic (exact) mass is 384 g/mol. The van der Waals surface area contributed by atoms with Gasteiger partial charge in [0.15, 0.2) is 0 Å². The smallest absolute Gasteiger partial charge is 0.220 e. The van der Waals surface area contributed by atoms with E-state index < -0.39 is 0 Å². The highest BCUT2D eigenvalue weighted by molar-refractivity contribution is 5.75. The van der Waals surface area contributed by atoms with Crippen LogP contribution >= 0.6 is 0 Å². The number of rotatable bonds is 20. The number of allylic oxidation sites excluding steroid dienone is 1. The quantitative estimate of drug-likeness (QED) is 0.191. The molecule has 0 aromatic carbocycles. The largest absolute Gasteiger partial charge is 0.395 e. The van der Waals surface area contributed by atoms with Gasteiger partial charge in [-0.05, 0) is 32.1 Å². The molecule has 0 saturated heterocycles. The molecule has 1 amide bonds. The number of amides is 1. The summed E-state index contributed by atoms with van der Waals surface area (Å²) in [4.78, 5) is 11.6. The summed E-state index contributed by atoms with van der Waals surface area (Å²) < 4.78 is 0. The van der Waals surface area contributed by atoms with Crippen molar-refractivity contribution in [3.8, 4) is 0 Å². The van der Waals surface area contributed by atoms with Crippen molar-refractivity contribution in [2.75, 3.05) is 26.2 Å². The molecule has 0 aromatic heterocycles. The van der Waals surface area contributed by atoms with Gasteiger partial charge in [-0.2, -0.15) is 0 Å². The molecular formula is C22H44N2O3. The van der Waals surface area contributed by atoms with Crippen LogP contribution in [0.4, 0.5) is 0 Å². The van der Waals surface area contributed by atoms with Crippen molar-refractivity contribution in [2.45, 2.75) is 96.5 Å². The van der Waals surface area contributed by atoms with Gasteiger partial charge in [0.25, 0.3) is 0 Å². The first-order chi connectivity index (χ1) is 13.2. The van der Waals surface area contributed by atoms with E-state index in [2.05, 4.69) is 29.7 Å². The van der Waals surface area contributed by atoms with Gasteiger partial charge in [0.2, 0.25) is 5.91 Å². The van der Waals surface area contributed by atoms with E-state index in [-0.39, 0.29) is 18.6 Å². The van der Waals surface area contributed by atoms with Crippen LogP contribution in [0.2, 0.25) is 0 Å². The van der Waals surface area contributed by atoms with Crippen LogP contribution in [0.5, 0.6) is 0 Å². The van der Waals surface area contributed by atoms with Gasteiger partial charge in [-0.3, -0.25) is 4.79 Å². The summed E-state index contributed by atoms with van der Waals surface area (Å²) in [6.45, 7) is 4.24. The maximum atomic E-state index is 11.6. The molecule has 0 aliphatic carbocycles. The van der Waals surface area contributed by atoms with Crippen molar-refractivity contribution in [1.82, 2.24) is 10.6 Å². The summed E-state index contributed by atoms with van der Waals surface area (Å²) in [6.07, 6.45) is 18.1. The van der Waals surface area contributed by atoms with E-state index in [1.54, 1.807) is 0 Å². The molecule has 4 N–H and O–H groups in total. The molecule has 0 saturated carbocycles. The van der Waals surface area contributed by atoms with Crippen molar-refractivity contribution in [1.29, 1.82) is 0 Å². The fraction of sp³-hybridized carbons (Fsp3) is 0.864. The van der Waals surface area contributed by atoms with Gasteiger partial charge in [-0.15, -0.1) is 0 Å². The van der Waals surface area contributed by atoms with Crippen LogP contribution in [0.3, 0.4) is 0 Å².